The molecule has 2 nitrogen and oxygen atoms in total. The quantitative estimate of drug-likeness (QED) is 0.846. The summed E-state index contributed by atoms with van der Waals surface area (Å²) >= 11 is 0. The van der Waals surface area contributed by atoms with Crippen LogP contribution in [0.2, 0.25) is 0 Å². The van der Waals surface area contributed by atoms with Crippen molar-refractivity contribution in [1.29, 1.82) is 0 Å². The fourth-order valence-electron chi connectivity index (χ4n) is 2.30. The van der Waals surface area contributed by atoms with Crippen molar-refractivity contribution in [2.45, 2.75) is 44.7 Å². The Kier molecular flexibility index (Phi) is 3.85. The summed E-state index contributed by atoms with van der Waals surface area (Å²) in [4.78, 5) is 2.34. The number of benzene rings is 1. The van der Waals surface area contributed by atoms with Crippen LogP contribution in [0.25, 0.3) is 0 Å². The fraction of sp³-hybridized carbons (Fsp3) is 0.600. The molecular formula is C15H24N2. The first-order valence-electron chi connectivity index (χ1n) is 6.65. The van der Waals surface area contributed by atoms with Gasteiger partial charge in [0.2, 0.25) is 0 Å². The Balaban J connectivity index is 2.12. The molecule has 1 atom stereocenters. The highest BCUT2D eigenvalue weighted by Crippen LogP contribution is 2.40. The molecule has 2 rings (SSSR count). The van der Waals surface area contributed by atoms with Gasteiger partial charge in [0.1, 0.15) is 0 Å². The molecule has 17 heavy (non-hydrogen) atoms. The van der Waals surface area contributed by atoms with E-state index in [9.17, 15) is 0 Å². The lowest BCUT2D eigenvalue weighted by Crippen LogP contribution is -2.35. The molecular weight excluding hydrogens is 208 g/mol. The van der Waals surface area contributed by atoms with Crippen LogP contribution < -0.4 is 5.73 Å². The third-order valence-electron chi connectivity index (χ3n) is 3.90. The molecule has 2 heteroatoms. The number of nitrogens with two attached hydrogens (primary N) is 1. The minimum absolute atomic E-state index is 0.336. The standard InChI is InChI=1S/C15H24N2/c1-11(2)17(3)15(10-16)14-8-6-13(7-9-14)12-4-5-12/h6-9,11-12,15H,4-5,10,16H2,1-3H3. The lowest BCUT2D eigenvalue weighted by atomic mass is 10.0. The monoisotopic (exact) mass is 232 g/mol. The van der Waals surface area contributed by atoms with Crippen LogP contribution in [0.3, 0.4) is 0 Å². The van der Waals surface area contributed by atoms with Crippen LogP contribution >= 0.6 is 0 Å². The predicted molar refractivity (Wildman–Crippen MR) is 73.1 cm³/mol. The van der Waals surface area contributed by atoms with Crippen LogP contribution in [0.1, 0.15) is 49.8 Å². The van der Waals surface area contributed by atoms with Crippen molar-refractivity contribution < 1.29 is 0 Å². The fourth-order valence-corrected chi connectivity index (χ4v) is 2.30. The number of nitrogens with zero attached hydrogens (tertiary/aromatic N) is 1. The van der Waals surface area contributed by atoms with Crippen LogP contribution in [0.4, 0.5) is 0 Å². The number of likely N-dealkylation sites (N-methyl/N-ethyl adjacent to an activating group) is 1. The minimum atomic E-state index is 0.336. The summed E-state index contributed by atoms with van der Waals surface area (Å²) in [5.74, 6) is 0.836. The van der Waals surface area contributed by atoms with Crippen molar-refractivity contribution >= 4 is 0 Å². The molecule has 0 radical (unpaired) electrons. The zero-order valence-corrected chi connectivity index (χ0v) is 11.2. The van der Waals surface area contributed by atoms with Gasteiger partial charge in [-0.15, -0.1) is 0 Å². The summed E-state index contributed by atoms with van der Waals surface area (Å²) in [6, 6.07) is 9.93. The van der Waals surface area contributed by atoms with E-state index in [4.69, 9.17) is 5.73 Å². The summed E-state index contributed by atoms with van der Waals surface area (Å²) in [5.41, 5.74) is 8.75. The Labute approximate surface area is 105 Å². The molecule has 0 saturated heterocycles. The van der Waals surface area contributed by atoms with Crippen molar-refractivity contribution in [3.8, 4) is 0 Å². The van der Waals surface area contributed by atoms with Crippen molar-refractivity contribution in [3.63, 3.8) is 0 Å². The van der Waals surface area contributed by atoms with E-state index >= 15 is 0 Å². The van der Waals surface area contributed by atoms with E-state index in [0.29, 0.717) is 18.6 Å². The number of hydrogen-bond donors (Lipinski definition) is 1. The van der Waals surface area contributed by atoms with E-state index in [-0.39, 0.29) is 0 Å². The second-order valence-corrected chi connectivity index (χ2v) is 5.45. The van der Waals surface area contributed by atoms with Crippen molar-refractivity contribution in [3.05, 3.63) is 35.4 Å². The Bertz CT molecular complexity index is 352. The van der Waals surface area contributed by atoms with Crippen molar-refractivity contribution in [2.24, 2.45) is 5.73 Å². The van der Waals surface area contributed by atoms with Gasteiger partial charge in [0.25, 0.3) is 0 Å². The van der Waals surface area contributed by atoms with Gasteiger partial charge in [0, 0.05) is 18.6 Å². The first-order valence-corrected chi connectivity index (χ1v) is 6.65. The highest BCUT2D eigenvalue weighted by atomic mass is 15.2. The second kappa shape index (κ2) is 5.19. The maximum absolute atomic E-state index is 5.91. The first kappa shape index (κ1) is 12.6. The van der Waals surface area contributed by atoms with Crippen LogP contribution in [-0.4, -0.2) is 24.5 Å². The molecule has 0 amide bonds. The first-order chi connectivity index (χ1) is 8.13. The summed E-state index contributed by atoms with van der Waals surface area (Å²) < 4.78 is 0. The molecule has 1 aliphatic rings. The van der Waals surface area contributed by atoms with Crippen LogP contribution in [0.15, 0.2) is 24.3 Å². The average molecular weight is 232 g/mol. The Morgan fingerprint density at radius 3 is 2.24 bits per heavy atom. The van der Waals surface area contributed by atoms with Gasteiger partial charge < -0.3 is 5.73 Å². The van der Waals surface area contributed by atoms with Gasteiger partial charge in [-0.05, 0) is 50.8 Å². The molecule has 1 saturated carbocycles. The summed E-state index contributed by atoms with van der Waals surface area (Å²) in [6.07, 6.45) is 2.73. The summed E-state index contributed by atoms with van der Waals surface area (Å²) in [7, 11) is 2.15. The highest BCUT2D eigenvalue weighted by molar-refractivity contribution is 5.29. The third kappa shape index (κ3) is 2.88. The van der Waals surface area contributed by atoms with E-state index in [1.807, 2.05) is 0 Å². The third-order valence-corrected chi connectivity index (χ3v) is 3.90. The summed E-state index contributed by atoms with van der Waals surface area (Å²) in [6.45, 7) is 5.10. The zero-order valence-electron chi connectivity index (χ0n) is 11.2. The zero-order chi connectivity index (χ0) is 12.4. The molecule has 0 bridgehead atoms. The lowest BCUT2D eigenvalue weighted by Gasteiger charge is -2.30. The van der Waals surface area contributed by atoms with Gasteiger partial charge in [-0.25, -0.2) is 0 Å². The Morgan fingerprint density at radius 2 is 1.82 bits per heavy atom. The van der Waals surface area contributed by atoms with Gasteiger partial charge in [-0.2, -0.15) is 0 Å². The van der Waals surface area contributed by atoms with E-state index in [1.165, 1.54) is 24.0 Å². The minimum Gasteiger partial charge on any atom is -0.329 e. The molecule has 0 heterocycles. The van der Waals surface area contributed by atoms with Crippen LogP contribution in [0, 0.1) is 0 Å². The van der Waals surface area contributed by atoms with E-state index in [0.717, 1.165) is 5.92 Å². The molecule has 2 N–H and O–H groups in total. The van der Waals surface area contributed by atoms with Crippen LogP contribution in [-0.2, 0) is 0 Å². The maximum Gasteiger partial charge on any atom is 0.0470 e. The molecule has 1 aromatic carbocycles. The molecule has 94 valence electrons. The number of hydrogen-bond acceptors (Lipinski definition) is 2. The van der Waals surface area contributed by atoms with E-state index in [1.54, 1.807) is 0 Å². The lowest BCUT2D eigenvalue weighted by molar-refractivity contribution is 0.201. The van der Waals surface area contributed by atoms with E-state index < -0.39 is 0 Å². The summed E-state index contributed by atoms with van der Waals surface area (Å²) in [5, 5.41) is 0. The van der Waals surface area contributed by atoms with Crippen molar-refractivity contribution in [1.82, 2.24) is 4.90 Å². The SMILES string of the molecule is CC(C)N(C)C(CN)c1ccc(C2CC2)cc1. The maximum atomic E-state index is 5.91. The van der Waals surface area contributed by atoms with Gasteiger partial charge >= 0.3 is 0 Å². The smallest absolute Gasteiger partial charge is 0.0470 e. The van der Waals surface area contributed by atoms with Crippen LogP contribution in [0.5, 0.6) is 0 Å². The van der Waals surface area contributed by atoms with Gasteiger partial charge in [0.15, 0.2) is 0 Å². The normalized spacial score (nSPS) is 17.8. The molecule has 1 aromatic rings. The molecule has 0 spiro atoms. The second-order valence-electron chi connectivity index (χ2n) is 5.45. The molecule has 0 aromatic heterocycles. The Hall–Kier alpha value is -0.860. The molecule has 0 aliphatic heterocycles. The molecule has 1 aliphatic carbocycles. The topological polar surface area (TPSA) is 29.3 Å². The molecule has 1 fully saturated rings. The van der Waals surface area contributed by atoms with Crippen molar-refractivity contribution in [2.75, 3.05) is 13.6 Å². The average Bonchev–Trinajstić information content (AvgIpc) is 3.14. The largest absolute Gasteiger partial charge is 0.329 e. The predicted octanol–water partition coefficient (Wildman–Crippen LogP) is 2.90. The van der Waals surface area contributed by atoms with Gasteiger partial charge in [-0.3, -0.25) is 4.90 Å². The Morgan fingerprint density at radius 1 is 1.24 bits per heavy atom. The van der Waals surface area contributed by atoms with Gasteiger partial charge in [-0.1, -0.05) is 24.3 Å². The number of rotatable bonds is 5. The highest BCUT2D eigenvalue weighted by Gasteiger charge is 2.24. The van der Waals surface area contributed by atoms with E-state index in [2.05, 4.69) is 50.1 Å². The van der Waals surface area contributed by atoms with Gasteiger partial charge in [0.05, 0.1) is 0 Å². The molecule has 1 unspecified atom stereocenters.